The maximum Gasteiger partial charge on any atom is 0.120 e. The molecule has 4 nitrogen and oxygen atoms in total. The van der Waals surface area contributed by atoms with E-state index in [0.29, 0.717) is 13.0 Å². The third-order valence-electron chi connectivity index (χ3n) is 5.37. The quantitative estimate of drug-likeness (QED) is 0.477. The van der Waals surface area contributed by atoms with E-state index in [9.17, 15) is 4.79 Å². The van der Waals surface area contributed by atoms with Gasteiger partial charge in [0.2, 0.25) is 0 Å². The fourth-order valence-corrected chi connectivity index (χ4v) is 3.43. The van der Waals surface area contributed by atoms with Crippen LogP contribution < -0.4 is 10.6 Å². The van der Waals surface area contributed by atoms with Crippen LogP contribution in [0.2, 0.25) is 0 Å². The lowest BCUT2D eigenvalue weighted by atomic mass is 10.0. The van der Waals surface area contributed by atoms with Crippen molar-refractivity contribution in [2.24, 2.45) is 0 Å². The van der Waals surface area contributed by atoms with Crippen LogP contribution in [-0.2, 0) is 11.3 Å². The van der Waals surface area contributed by atoms with Gasteiger partial charge in [0.1, 0.15) is 6.29 Å². The van der Waals surface area contributed by atoms with E-state index in [-0.39, 0.29) is 6.04 Å². The number of nitrogens with one attached hydrogen (secondary N) is 2. The van der Waals surface area contributed by atoms with Crippen LogP contribution in [0.15, 0.2) is 79.1 Å². The van der Waals surface area contributed by atoms with Crippen molar-refractivity contribution in [1.29, 1.82) is 0 Å². The Hall–Kier alpha value is -3.24. The van der Waals surface area contributed by atoms with Gasteiger partial charge in [-0.25, -0.2) is 0 Å². The number of benzene rings is 2. The van der Waals surface area contributed by atoms with E-state index in [4.69, 9.17) is 0 Å². The van der Waals surface area contributed by atoms with Gasteiger partial charge in [0.25, 0.3) is 0 Å². The summed E-state index contributed by atoms with van der Waals surface area (Å²) in [6, 6.07) is 20.9. The Bertz CT molecular complexity index is 981. The molecule has 154 valence electrons. The first-order valence-electron chi connectivity index (χ1n) is 10.3. The summed E-state index contributed by atoms with van der Waals surface area (Å²) in [5.41, 5.74) is 7.64. The topological polar surface area (TPSA) is 54.0 Å². The summed E-state index contributed by atoms with van der Waals surface area (Å²) in [4.78, 5) is 15.5. The molecule has 0 aliphatic heterocycles. The minimum atomic E-state index is 0.0477. The number of pyridine rings is 1. The van der Waals surface area contributed by atoms with Crippen molar-refractivity contribution in [2.45, 2.75) is 32.4 Å². The normalized spacial score (nSPS) is 11.7. The van der Waals surface area contributed by atoms with Crippen molar-refractivity contribution < 1.29 is 4.79 Å². The number of nitrogens with zero attached hydrogens (tertiary/aromatic N) is 1. The van der Waals surface area contributed by atoms with Gasteiger partial charge in [0, 0.05) is 49.1 Å². The molecule has 0 spiro atoms. The molecular formula is C26H29N3O. The number of carbonyl (C=O) groups excluding carboxylic acids is 1. The van der Waals surface area contributed by atoms with E-state index in [0.717, 1.165) is 40.8 Å². The first-order chi connectivity index (χ1) is 14.6. The zero-order valence-electron chi connectivity index (χ0n) is 17.7. The van der Waals surface area contributed by atoms with Crippen LogP contribution in [0.3, 0.4) is 0 Å². The van der Waals surface area contributed by atoms with Gasteiger partial charge in [-0.15, -0.1) is 0 Å². The number of rotatable bonds is 10. The van der Waals surface area contributed by atoms with Crippen molar-refractivity contribution in [3.63, 3.8) is 0 Å². The monoisotopic (exact) mass is 399 g/mol. The van der Waals surface area contributed by atoms with Gasteiger partial charge in [0.05, 0.1) is 5.69 Å². The van der Waals surface area contributed by atoms with Gasteiger partial charge < -0.3 is 15.4 Å². The molecule has 3 aromatic rings. The summed E-state index contributed by atoms with van der Waals surface area (Å²) in [5.74, 6) is 0. The molecule has 0 fully saturated rings. The lowest BCUT2D eigenvalue weighted by molar-refractivity contribution is -0.108. The lowest BCUT2D eigenvalue weighted by Crippen LogP contribution is -2.35. The van der Waals surface area contributed by atoms with Crippen molar-refractivity contribution in [1.82, 2.24) is 15.6 Å². The number of likely N-dealkylation sites (N-methyl/N-ethyl adjacent to an activating group) is 1. The van der Waals surface area contributed by atoms with E-state index in [1.54, 1.807) is 0 Å². The van der Waals surface area contributed by atoms with Crippen LogP contribution in [0, 0.1) is 6.92 Å². The predicted molar refractivity (Wildman–Crippen MR) is 124 cm³/mol. The Morgan fingerprint density at radius 2 is 1.83 bits per heavy atom. The van der Waals surface area contributed by atoms with Crippen LogP contribution in [0.5, 0.6) is 0 Å². The minimum absolute atomic E-state index is 0.0477. The summed E-state index contributed by atoms with van der Waals surface area (Å²) < 4.78 is 0. The lowest BCUT2D eigenvalue weighted by Gasteiger charge is -2.21. The van der Waals surface area contributed by atoms with E-state index in [2.05, 4.69) is 71.6 Å². The fourth-order valence-electron chi connectivity index (χ4n) is 3.43. The molecule has 2 N–H and O–H groups in total. The highest BCUT2D eigenvalue weighted by molar-refractivity contribution is 5.67. The highest BCUT2D eigenvalue weighted by Crippen LogP contribution is 2.24. The summed E-state index contributed by atoms with van der Waals surface area (Å²) >= 11 is 0. The zero-order valence-corrected chi connectivity index (χ0v) is 17.7. The van der Waals surface area contributed by atoms with Crippen molar-refractivity contribution in [3.8, 4) is 22.4 Å². The first-order valence-corrected chi connectivity index (χ1v) is 10.3. The molecule has 2 aromatic carbocycles. The standard InChI is InChI=1S/C26H29N3O/c1-19-11-12-22(16-24(19)18-28-25(10-7-15-30)20(2)27-3)26-14-13-23(17-29-26)21-8-5-4-6-9-21/h4-6,8-9,11-17,25,27-28H,2,7,10,18H2,1,3H3. The second-order valence-electron chi connectivity index (χ2n) is 7.39. The third kappa shape index (κ3) is 5.43. The average Bonchev–Trinajstić information content (AvgIpc) is 2.80. The minimum Gasteiger partial charge on any atom is -0.391 e. The van der Waals surface area contributed by atoms with Crippen LogP contribution in [-0.4, -0.2) is 24.4 Å². The predicted octanol–water partition coefficient (Wildman–Crippen LogP) is 4.89. The molecular weight excluding hydrogens is 370 g/mol. The van der Waals surface area contributed by atoms with Crippen molar-refractivity contribution >= 4 is 6.29 Å². The van der Waals surface area contributed by atoms with Gasteiger partial charge in [-0.1, -0.05) is 55.1 Å². The summed E-state index contributed by atoms with van der Waals surface area (Å²) in [7, 11) is 1.86. The molecule has 30 heavy (non-hydrogen) atoms. The Kier molecular flexibility index (Phi) is 7.52. The van der Waals surface area contributed by atoms with Gasteiger partial charge in [-0.2, -0.15) is 0 Å². The van der Waals surface area contributed by atoms with Crippen molar-refractivity contribution in [2.75, 3.05) is 7.05 Å². The maximum absolute atomic E-state index is 10.8. The van der Waals surface area contributed by atoms with Crippen LogP contribution >= 0.6 is 0 Å². The third-order valence-corrected chi connectivity index (χ3v) is 5.37. The number of aromatic nitrogens is 1. The van der Waals surface area contributed by atoms with E-state index < -0.39 is 0 Å². The van der Waals surface area contributed by atoms with E-state index >= 15 is 0 Å². The smallest absolute Gasteiger partial charge is 0.120 e. The molecule has 0 radical (unpaired) electrons. The molecule has 1 heterocycles. The van der Waals surface area contributed by atoms with Gasteiger partial charge >= 0.3 is 0 Å². The molecule has 0 saturated carbocycles. The fraction of sp³-hybridized carbons (Fsp3) is 0.231. The maximum atomic E-state index is 10.8. The summed E-state index contributed by atoms with van der Waals surface area (Å²) in [5, 5.41) is 6.63. The molecule has 3 rings (SSSR count). The van der Waals surface area contributed by atoms with Gasteiger partial charge in [-0.05, 0) is 42.2 Å². The molecule has 0 saturated heterocycles. The first kappa shape index (κ1) is 21.5. The Labute approximate surface area is 179 Å². The molecule has 1 unspecified atom stereocenters. The SMILES string of the molecule is C=C(NC)C(CCC=O)NCc1cc(-c2ccc(-c3ccccc3)cn2)ccc1C. The zero-order chi connectivity index (χ0) is 21.3. The Balaban J connectivity index is 1.76. The number of hydrogen-bond donors (Lipinski definition) is 2. The second-order valence-corrected chi connectivity index (χ2v) is 7.39. The summed E-state index contributed by atoms with van der Waals surface area (Å²) in [6.07, 6.45) is 4.11. The second kappa shape index (κ2) is 10.5. The molecule has 1 aromatic heterocycles. The Morgan fingerprint density at radius 3 is 2.50 bits per heavy atom. The molecule has 0 bridgehead atoms. The number of hydrogen-bond acceptors (Lipinski definition) is 4. The molecule has 1 atom stereocenters. The highest BCUT2D eigenvalue weighted by Gasteiger charge is 2.12. The van der Waals surface area contributed by atoms with Gasteiger partial charge in [-0.3, -0.25) is 4.98 Å². The van der Waals surface area contributed by atoms with Crippen LogP contribution in [0.1, 0.15) is 24.0 Å². The van der Waals surface area contributed by atoms with E-state index in [1.807, 2.05) is 31.4 Å². The van der Waals surface area contributed by atoms with Crippen molar-refractivity contribution in [3.05, 3.63) is 90.3 Å². The average molecular weight is 400 g/mol. The number of aryl methyl sites for hydroxylation is 1. The van der Waals surface area contributed by atoms with Gasteiger partial charge in [0.15, 0.2) is 0 Å². The van der Waals surface area contributed by atoms with Crippen LogP contribution in [0.25, 0.3) is 22.4 Å². The number of aldehydes is 1. The Morgan fingerprint density at radius 1 is 1.07 bits per heavy atom. The number of carbonyl (C=O) groups is 1. The molecule has 0 aliphatic rings. The molecule has 0 aliphatic carbocycles. The molecule has 4 heteroatoms. The highest BCUT2D eigenvalue weighted by atomic mass is 16.1. The van der Waals surface area contributed by atoms with Crippen LogP contribution in [0.4, 0.5) is 0 Å². The van der Waals surface area contributed by atoms with E-state index in [1.165, 1.54) is 11.1 Å². The largest absolute Gasteiger partial charge is 0.391 e. The molecule has 0 amide bonds. The summed E-state index contributed by atoms with van der Waals surface area (Å²) in [6.45, 7) is 6.87.